The minimum Gasteiger partial charge on any atom is -0.478 e. The number of carboxylic acid groups (broad SMARTS) is 1. The van der Waals surface area contributed by atoms with Crippen LogP contribution in [0.1, 0.15) is 29.3 Å². The van der Waals surface area contributed by atoms with Crippen molar-refractivity contribution in [3.05, 3.63) is 29.3 Å². The van der Waals surface area contributed by atoms with E-state index in [9.17, 15) is 27.1 Å². The minimum atomic E-state index is -4.17. The van der Waals surface area contributed by atoms with Gasteiger partial charge in [0.15, 0.2) is 0 Å². The molecule has 1 atom stereocenters. The Morgan fingerprint density at radius 2 is 2.09 bits per heavy atom. The molecule has 1 aromatic carbocycles. The predicted molar refractivity (Wildman–Crippen MR) is 77.1 cm³/mol. The Balaban J connectivity index is 2.44. The summed E-state index contributed by atoms with van der Waals surface area (Å²) in [6, 6.07) is 3.71. The van der Waals surface area contributed by atoms with Gasteiger partial charge in [0.1, 0.15) is 5.60 Å². The van der Waals surface area contributed by atoms with Crippen molar-refractivity contribution in [1.29, 1.82) is 0 Å². The van der Waals surface area contributed by atoms with Gasteiger partial charge in [-0.1, -0.05) is 13.0 Å². The summed E-state index contributed by atoms with van der Waals surface area (Å²) in [5.74, 6) is -1.28. The van der Waals surface area contributed by atoms with E-state index in [0.717, 1.165) is 10.4 Å². The molecule has 6 nitrogen and oxygen atoms in total. The Labute approximate surface area is 132 Å². The van der Waals surface area contributed by atoms with E-state index in [0.29, 0.717) is 12.0 Å². The summed E-state index contributed by atoms with van der Waals surface area (Å²) >= 11 is 0. The van der Waals surface area contributed by atoms with E-state index in [1.165, 1.54) is 12.1 Å². The smallest absolute Gasteiger partial charge is 0.335 e. The van der Waals surface area contributed by atoms with E-state index in [1.807, 2.05) is 0 Å². The van der Waals surface area contributed by atoms with E-state index in [2.05, 4.69) is 0 Å². The number of carbonyl (C=O) groups is 1. The van der Waals surface area contributed by atoms with Crippen LogP contribution in [0, 0.1) is 0 Å². The molecule has 1 unspecified atom stereocenters. The molecule has 0 radical (unpaired) electrons. The second kappa shape index (κ2) is 6.14. The first-order chi connectivity index (χ1) is 10.6. The quantitative estimate of drug-likeness (QED) is 0.836. The maximum absolute atomic E-state index is 12.9. The topological polar surface area (TPSA) is 94.9 Å². The van der Waals surface area contributed by atoms with Gasteiger partial charge in [0.2, 0.25) is 10.0 Å². The molecule has 1 aliphatic rings. The largest absolute Gasteiger partial charge is 0.478 e. The molecule has 1 heterocycles. The molecule has 23 heavy (non-hydrogen) atoms. The van der Waals surface area contributed by atoms with Crippen LogP contribution >= 0.6 is 0 Å². The SMILES string of the molecule is CCc1ccc(C(=O)O)cc1S(=O)(=O)N1CCC(O)(C(F)F)C1. The molecule has 1 saturated heterocycles. The summed E-state index contributed by atoms with van der Waals surface area (Å²) in [6.07, 6.45) is -3.09. The lowest BCUT2D eigenvalue weighted by molar-refractivity contribution is -0.0841. The lowest BCUT2D eigenvalue weighted by Crippen LogP contribution is -2.41. The third-order valence-corrected chi connectivity index (χ3v) is 5.89. The molecular formula is C14H17F2NO5S. The van der Waals surface area contributed by atoms with Gasteiger partial charge in [0.25, 0.3) is 6.43 Å². The summed E-state index contributed by atoms with van der Waals surface area (Å²) in [5, 5.41) is 18.8. The number of nitrogens with zero attached hydrogens (tertiary/aromatic N) is 1. The van der Waals surface area contributed by atoms with Crippen LogP contribution in [-0.4, -0.2) is 54.0 Å². The number of alkyl halides is 2. The van der Waals surface area contributed by atoms with Gasteiger partial charge in [-0.25, -0.2) is 22.0 Å². The zero-order valence-electron chi connectivity index (χ0n) is 12.4. The van der Waals surface area contributed by atoms with Crippen LogP contribution in [0.5, 0.6) is 0 Å². The minimum absolute atomic E-state index is 0.205. The van der Waals surface area contributed by atoms with Crippen LogP contribution in [0.15, 0.2) is 23.1 Å². The van der Waals surface area contributed by atoms with E-state index in [4.69, 9.17) is 5.11 Å². The Morgan fingerprint density at radius 1 is 1.43 bits per heavy atom. The van der Waals surface area contributed by atoms with E-state index in [1.54, 1.807) is 6.92 Å². The van der Waals surface area contributed by atoms with Gasteiger partial charge in [-0.3, -0.25) is 0 Å². The van der Waals surface area contributed by atoms with Crippen LogP contribution in [0.2, 0.25) is 0 Å². The van der Waals surface area contributed by atoms with Crippen molar-refractivity contribution in [2.24, 2.45) is 0 Å². The molecule has 1 fully saturated rings. The number of hydrogen-bond donors (Lipinski definition) is 2. The van der Waals surface area contributed by atoms with Crippen LogP contribution < -0.4 is 0 Å². The first kappa shape index (κ1) is 17.8. The zero-order chi connectivity index (χ0) is 17.4. The second-order valence-corrected chi connectivity index (χ2v) is 7.38. The molecule has 9 heteroatoms. The normalized spacial score (nSPS) is 22.7. The van der Waals surface area contributed by atoms with Crippen molar-refractivity contribution < 1.29 is 32.2 Å². The highest BCUT2D eigenvalue weighted by atomic mass is 32.2. The highest BCUT2D eigenvalue weighted by Gasteiger charge is 2.48. The first-order valence-corrected chi connectivity index (χ1v) is 8.42. The summed E-state index contributed by atoms with van der Waals surface area (Å²) in [4.78, 5) is 10.8. The van der Waals surface area contributed by atoms with Crippen LogP contribution in [0.3, 0.4) is 0 Å². The summed E-state index contributed by atoms with van der Waals surface area (Å²) in [7, 11) is -4.17. The van der Waals surface area contributed by atoms with Crippen LogP contribution in [0.4, 0.5) is 8.78 Å². The molecule has 2 rings (SSSR count). The summed E-state index contributed by atoms with van der Waals surface area (Å²) in [6.45, 7) is 0.741. The number of aryl methyl sites for hydroxylation is 1. The number of β-amino-alcohol motifs (C(OH)–C–C–N with tert-alkyl or cyclic N) is 1. The average Bonchev–Trinajstić information content (AvgIpc) is 2.91. The fourth-order valence-electron chi connectivity index (χ4n) is 2.52. The summed E-state index contributed by atoms with van der Waals surface area (Å²) < 4.78 is 51.8. The third kappa shape index (κ3) is 3.22. The van der Waals surface area contributed by atoms with Gasteiger partial charge < -0.3 is 10.2 Å². The molecule has 0 spiro atoms. The van der Waals surface area contributed by atoms with Gasteiger partial charge in [0.05, 0.1) is 10.5 Å². The molecule has 1 aromatic rings. The lowest BCUT2D eigenvalue weighted by Gasteiger charge is -2.23. The number of rotatable bonds is 5. The predicted octanol–water partition coefficient (Wildman–Crippen LogP) is 1.34. The van der Waals surface area contributed by atoms with Gasteiger partial charge in [-0.2, -0.15) is 4.31 Å². The Bertz CT molecular complexity index is 722. The van der Waals surface area contributed by atoms with Crippen LogP contribution in [-0.2, 0) is 16.4 Å². The van der Waals surface area contributed by atoms with Gasteiger partial charge in [-0.15, -0.1) is 0 Å². The van der Waals surface area contributed by atoms with Crippen molar-refractivity contribution in [3.8, 4) is 0 Å². The summed E-state index contributed by atoms with van der Waals surface area (Å²) in [5.41, 5.74) is -2.18. The van der Waals surface area contributed by atoms with Crippen LogP contribution in [0.25, 0.3) is 0 Å². The van der Waals surface area contributed by atoms with Crippen molar-refractivity contribution in [3.63, 3.8) is 0 Å². The highest BCUT2D eigenvalue weighted by Crippen LogP contribution is 2.32. The first-order valence-electron chi connectivity index (χ1n) is 6.98. The van der Waals surface area contributed by atoms with Crippen molar-refractivity contribution in [2.45, 2.75) is 36.7 Å². The van der Waals surface area contributed by atoms with E-state index >= 15 is 0 Å². The number of halogens is 2. The molecule has 2 N–H and O–H groups in total. The lowest BCUT2D eigenvalue weighted by atomic mass is 10.1. The number of carboxylic acids is 1. The molecular weight excluding hydrogens is 332 g/mol. The highest BCUT2D eigenvalue weighted by molar-refractivity contribution is 7.89. The number of aliphatic hydroxyl groups is 1. The fourth-order valence-corrected chi connectivity index (χ4v) is 4.35. The number of hydrogen-bond acceptors (Lipinski definition) is 4. The molecule has 0 amide bonds. The monoisotopic (exact) mass is 349 g/mol. The standard InChI is InChI=1S/C14H17F2NO5S/c1-2-9-3-4-10(12(18)19)7-11(9)23(21,22)17-6-5-14(20,8-17)13(15)16/h3-4,7,13,20H,2,5-6,8H2,1H3,(H,18,19). The Kier molecular flexibility index (Phi) is 4.74. The van der Waals surface area contributed by atoms with Crippen molar-refractivity contribution >= 4 is 16.0 Å². The third-order valence-electron chi connectivity index (χ3n) is 3.96. The molecule has 128 valence electrons. The average molecular weight is 349 g/mol. The molecule has 0 aliphatic carbocycles. The number of aromatic carboxylic acids is 1. The Morgan fingerprint density at radius 3 is 2.57 bits per heavy atom. The molecule has 0 saturated carbocycles. The van der Waals surface area contributed by atoms with Crippen molar-refractivity contribution in [1.82, 2.24) is 4.31 Å². The van der Waals surface area contributed by atoms with Gasteiger partial charge >= 0.3 is 5.97 Å². The van der Waals surface area contributed by atoms with E-state index < -0.39 is 34.6 Å². The maximum atomic E-state index is 12.9. The Hall–Kier alpha value is -1.58. The van der Waals surface area contributed by atoms with Crippen molar-refractivity contribution in [2.75, 3.05) is 13.1 Å². The second-order valence-electron chi connectivity index (χ2n) is 5.47. The van der Waals surface area contributed by atoms with E-state index in [-0.39, 0.29) is 23.4 Å². The van der Waals surface area contributed by atoms with Gasteiger partial charge in [-0.05, 0) is 30.5 Å². The van der Waals surface area contributed by atoms with Gasteiger partial charge in [0, 0.05) is 13.1 Å². The molecule has 0 aromatic heterocycles. The fraction of sp³-hybridized carbons (Fsp3) is 0.500. The number of benzene rings is 1. The zero-order valence-corrected chi connectivity index (χ0v) is 13.2. The molecule has 1 aliphatic heterocycles. The maximum Gasteiger partial charge on any atom is 0.335 e. The number of sulfonamides is 1. The molecule has 0 bridgehead atoms.